The zero-order valence-electron chi connectivity index (χ0n) is 35.9. The van der Waals surface area contributed by atoms with Crippen LogP contribution in [0.5, 0.6) is 0 Å². The second kappa shape index (κ2) is 17.1. The smallest absolute Gasteiger partial charge is 0.177 e. The molecule has 6 heteroatoms. The molecule has 0 aliphatic carbocycles. The average molecular weight is 821 g/mol. The van der Waals surface area contributed by atoms with Gasteiger partial charge in [-0.25, -0.2) is 0 Å². The van der Waals surface area contributed by atoms with Crippen molar-refractivity contribution in [3.8, 4) is 22.9 Å². The van der Waals surface area contributed by atoms with E-state index in [0.717, 1.165) is 102 Å². The molecule has 0 spiro atoms. The summed E-state index contributed by atoms with van der Waals surface area (Å²) in [6.07, 6.45) is 6.71. The summed E-state index contributed by atoms with van der Waals surface area (Å²) >= 11 is 2.41. The molecule has 0 amide bonds. The molecule has 6 aromatic rings. The van der Waals surface area contributed by atoms with Crippen LogP contribution < -0.4 is 0 Å². The molecule has 0 fully saturated rings. The summed E-state index contributed by atoms with van der Waals surface area (Å²) in [6.45, 7) is 28.7. The Morgan fingerprint density at radius 2 is 0.732 bits per heavy atom. The fourth-order valence-electron chi connectivity index (χ4n) is 10.3. The fraction of sp³-hybridized carbons (Fsp3) is 0.480. The lowest BCUT2D eigenvalue weighted by molar-refractivity contribution is 0.658. The minimum atomic E-state index is -2.19. The van der Waals surface area contributed by atoms with Crippen molar-refractivity contribution < 1.29 is 8.78 Å². The first-order valence-electron chi connectivity index (χ1n) is 21.5. The molecule has 6 unspecified atom stereocenters. The Bertz CT molecular complexity index is 2300. The number of thiophene rings is 2. The summed E-state index contributed by atoms with van der Waals surface area (Å²) in [5, 5.41) is 7.95. The van der Waals surface area contributed by atoms with Gasteiger partial charge in [-0.05, 0) is 119 Å². The molecule has 56 heavy (non-hydrogen) atoms. The van der Waals surface area contributed by atoms with Crippen molar-refractivity contribution in [3.05, 3.63) is 69.9 Å². The number of hydrogen-bond acceptors (Lipinski definition) is 2. The van der Waals surface area contributed by atoms with Crippen molar-refractivity contribution >= 4 is 91.3 Å². The van der Waals surface area contributed by atoms with Gasteiger partial charge in [0.15, 0.2) is 10.3 Å². The van der Waals surface area contributed by atoms with Crippen LogP contribution in [-0.2, 0) is 0 Å². The van der Waals surface area contributed by atoms with Crippen LogP contribution >= 0.6 is 22.7 Å². The van der Waals surface area contributed by atoms with Gasteiger partial charge in [-0.15, -0.1) is 33.8 Å². The maximum atomic E-state index is 15.1. The van der Waals surface area contributed by atoms with Gasteiger partial charge >= 0.3 is 0 Å². The molecule has 296 valence electrons. The number of halogens is 2. The molecule has 0 bridgehead atoms. The van der Waals surface area contributed by atoms with Gasteiger partial charge in [0, 0.05) is 25.9 Å². The molecule has 6 rings (SSSR count). The zero-order valence-corrected chi connectivity index (χ0v) is 39.5. The Morgan fingerprint density at radius 3 is 1.11 bits per heavy atom. The van der Waals surface area contributed by atoms with Crippen LogP contribution in [0.4, 0.5) is 8.78 Å². The molecule has 0 aliphatic rings. The van der Waals surface area contributed by atoms with Gasteiger partial charge in [0.1, 0.15) is 16.1 Å². The van der Waals surface area contributed by atoms with E-state index in [1.54, 1.807) is 12.1 Å². The molecular weight excluding hydrogens is 759 g/mol. The minimum absolute atomic E-state index is 0.168. The second-order valence-corrected chi connectivity index (χ2v) is 29.4. The molecule has 6 atom stereocenters. The quantitative estimate of drug-likeness (QED) is 0.0655. The Balaban J connectivity index is 1.85. The van der Waals surface area contributed by atoms with Crippen LogP contribution in [0.25, 0.3) is 52.5 Å². The van der Waals surface area contributed by atoms with Crippen molar-refractivity contribution in [3.63, 3.8) is 0 Å². The van der Waals surface area contributed by atoms with Crippen molar-refractivity contribution in [2.75, 3.05) is 0 Å². The summed E-state index contributed by atoms with van der Waals surface area (Å²) in [4.78, 5) is 0. The molecule has 0 N–H and O–H groups in total. The third-order valence-corrected chi connectivity index (χ3v) is 29.8. The molecule has 2 aromatic heterocycles. The van der Waals surface area contributed by atoms with Crippen molar-refractivity contribution in [2.45, 2.75) is 155 Å². The van der Waals surface area contributed by atoms with Gasteiger partial charge in [-0.2, -0.15) is 8.78 Å². The maximum absolute atomic E-state index is 15.1. The molecular formula is C50H62F2S2Si2. The fourth-order valence-corrected chi connectivity index (χ4v) is 23.9. The Hall–Kier alpha value is -3.01. The summed E-state index contributed by atoms with van der Waals surface area (Å²) in [5.74, 6) is 8.00. The van der Waals surface area contributed by atoms with E-state index in [2.05, 4.69) is 142 Å². The summed E-state index contributed by atoms with van der Waals surface area (Å²) in [6, 6.07) is 16.6. The highest BCUT2D eigenvalue weighted by molar-refractivity contribution is 7.18. The third kappa shape index (κ3) is 7.21. The molecule has 2 heterocycles. The highest BCUT2D eigenvalue weighted by Crippen LogP contribution is 2.48. The number of rotatable bonds is 12. The molecule has 4 aromatic carbocycles. The lowest BCUT2D eigenvalue weighted by Crippen LogP contribution is -2.45. The van der Waals surface area contributed by atoms with E-state index in [-0.39, 0.29) is 10.3 Å². The van der Waals surface area contributed by atoms with E-state index in [1.807, 2.05) is 0 Å². The highest BCUT2D eigenvalue weighted by atomic mass is 32.1. The lowest BCUT2D eigenvalue weighted by Gasteiger charge is -2.42. The van der Waals surface area contributed by atoms with Crippen LogP contribution in [0.15, 0.2) is 48.5 Å². The van der Waals surface area contributed by atoms with Gasteiger partial charge in [-0.1, -0.05) is 133 Å². The van der Waals surface area contributed by atoms with Crippen LogP contribution in [-0.4, -0.2) is 16.1 Å². The van der Waals surface area contributed by atoms with E-state index < -0.39 is 16.1 Å². The minimum Gasteiger partial charge on any atom is -0.195 e. The predicted octanol–water partition coefficient (Wildman–Crippen LogP) is 17.3. The van der Waals surface area contributed by atoms with Crippen LogP contribution in [0, 0.1) is 33.2 Å². The lowest BCUT2D eigenvalue weighted by atomic mass is 9.90. The molecule has 0 nitrogen and oxygen atoms in total. The monoisotopic (exact) mass is 820 g/mol. The summed E-state index contributed by atoms with van der Waals surface area (Å²) < 4.78 is 31.6. The van der Waals surface area contributed by atoms with E-state index in [1.165, 1.54) is 22.7 Å². The van der Waals surface area contributed by atoms with Crippen molar-refractivity contribution in [2.24, 2.45) is 0 Å². The zero-order chi connectivity index (χ0) is 40.7. The Kier molecular flexibility index (Phi) is 13.0. The number of hydrogen-bond donors (Lipinski definition) is 0. The van der Waals surface area contributed by atoms with Gasteiger partial charge in [-0.3, -0.25) is 0 Å². The van der Waals surface area contributed by atoms with Gasteiger partial charge < -0.3 is 0 Å². The standard InChI is InChI=1S/C50H62F2S2Si2/c1-13-31(7)55(32(8)14-2,33(9)15-3)21-19-41-44-25-38-27-47-39(28-49(51)53-47)23-37(38)24-43(44)42(46-30-48-40(26-45(41)46)29-50(52)54-48)20-22-56(34(10)16-4,35(11)17-5)36(12)18-6/h23-36H,13-18H2,1-12H3. The van der Waals surface area contributed by atoms with Crippen LogP contribution in [0.2, 0.25) is 33.2 Å². The van der Waals surface area contributed by atoms with Crippen molar-refractivity contribution in [1.29, 1.82) is 0 Å². The topological polar surface area (TPSA) is 0 Å². The first-order chi connectivity index (χ1) is 26.7. The SMILES string of the molecule is CCC(C)[Si](C#Cc1c2cc3cc4sc(F)cc4cc3cc2c(C#C[Si](C(C)CC)(C(C)CC)C(C)CC)c2cc3sc(F)cc3cc12)(C(C)CC)C(C)CC. The first kappa shape index (κ1) is 42.6. The third-order valence-electron chi connectivity index (χ3n) is 14.7. The van der Waals surface area contributed by atoms with E-state index >= 15 is 4.39 Å². The van der Waals surface area contributed by atoms with Crippen LogP contribution in [0.3, 0.4) is 0 Å². The summed E-state index contributed by atoms with van der Waals surface area (Å²) in [5.41, 5.74) is 13.7. The van der Waals surface area contributed by atoms with Gasteiger partial charge in [0.25, 0.3) is 0 Å². The summed E-state index contributed by atoms with van der Waals surface area (Å²) in [7, 11) is -4.37. The molecule has 0 saturated heterocycles. The molecule has 0 saturated carbocycles. The first-order valence-corrected chi connectivity index (χ1v) is 27.5. The highest BCUT2D eigenvalue weighted by Gasteiger charge is 2.46. The van der Waals surface area contributed by atoms with E-state index in [4.69, 9.17) is 0 Å². The largest absolute Gasteiger partial charge is 0.195 e. The van der Waals surface area contributed by atoms with Crippen LogP contribution in [0.1, 0.15) is 133 Å². The van der Waals surface area contributed by atoms with Gasteiger partial charge in [0.05, 0.1) is 0 Å². The Morgan fingerprint density at radius 1 is 0.429 bits per heavy atom. The van der Waals surface area contributed by atoms with Gasteiger partial charge in [0.2, 0.25) is 0 Å². The van der Waals surface area contributed by atoms with E-state index in [9.17, 15) is 4.39 Å². The predicted molar refractivity (Wildman–Crippen MR) is 253 cm³/mol. The average Bonchev–Trinajstić information content (AvgIpc) is 3.76. The molecule has 0 aliphatic heterocycles. The van der Waals surface area contributed by atoms with E-state index in [0.29, 0.717) is 33.2 Å². The Labute approximate surface area is 345 Å². The molecule has 0 radical (unpaired) electrons. The maximum Gasteiger partial charge on any atom is 0.177 e. The number of fused-ring (bicyclic) bond motifs is 5. The normalized spacial score (nSPS) is 17.5. The number of benzene rings is 4. The van der Waals surface area contributed by atoms with Crippen molar-refractivity contribution in [1.82, 2.24) is 0 Å². The second-order valence-electron chi connectivity index (χ2n) is 17.1.